The summed E-state index contributed by atoms with van der Waals surface area (Å²) in [7, 11) is 0. The lowest BCUT2D eigenvalue weighted by Crippen LogP contribution is -2.46. The van der Waals surface area contributed by atoms with Gasteiger partial charge in [-0.1, -0.05) is 0 Å². The van der Waals surface area contributed by atoms with E-state index in [9.17, 15) is 0 Å². The van der Waals surface area contributed by atoms with Gasteiger partial charge >= 0.3 is 0 Å². The first-order valence-electron chi connectivity index (χ1n) is 7.02. The second-order valence-corrected chi connectivity index (χ2v) is 6.00. The summed E-state index contributed by atoms with van der Waals surface area (Å²) in [5, 5.41) is 12.3. The number of hydrogen-bond donors (Lipinski definition) is 1. The monoisotopic (exact) mass is 300 g/mol. The molecule has 21 heavy (non-hydrogen) atoms. The maximum Gasteiger partial charge on any atom is 0.160 e. The van der Waals surface area contributed by atoms with E-state index in [0.29, 0.717) is 0 Å². The van der Waals surface area contributed by atoms with E-state index >= 15 is 0 Å². The van der Waals surface area contributed by atoms with E-state index in [1.807, 2.05) is 6.20 Å². The number of H-pyrrole nitrogens is 1. The zero-order valence-corrected chi connectivity index (χ0v) is 12.4. The molecule has 0 unspecified atom stereocenters. The van der Waals surface area contributed by atoms with E-state index < -0.39 is 0 Å². The van der Waals surface area contributed by atoms with Gasteiger partial charge in [-0.3, -0.25) is 10.00 Å². The third kappa shape index (κ3) is 2.50. The van der Waals surface area contributed by atoms with Crippen LogP contribution < -0.4 is 4.90 Å². The summed E-state index contributed by atoms with van der Waals surface area (Å²) < 4.78 is 0. The van der Waals surface area contributed by atoms with Crippen molar-refractivity contribution in [2.45, 2.75) is 6.54 Å². The van der Waals surface area contributed by atoms with Gasteiger partial charge in [0.25, 0.3) is 0 Å². The van der Waals surface area contributed by atoms with Gasteiger partial charge in [0.2, 0.25) is 0 Å². The summed E-state index contributed by atoms with van der Waals surface area (Å²) in [5.74, 6) is 0.990. The molecule has 1 fully saturated rings. The lowest BCUT2D eigenvalue weighted by molar-refractivity contribution is 0.250. The topological polar surface area (TPSA) is 60.9 Å². The Morgan fingerprint density at radius 3 is 2.90 bits per heavy atom. The van der Waals surface area contributed by atoms with Crippen LogP contribution in [0.25, 0.3) is 11.0 Å². The van der Waals surface area contributed by atoms with E-state index in [0.717, 1.165) is 49.6 Å². The first kappa shape index (κ1) is 12.7. The number of thiophene rings is 1. The Morgan fingerprint density at radius 2 is 2.10 bits per heavy atom. The van der Waals surface area contributed by atoms with Crippen LogP contribution in [0.2, 0.25) is 0 Å². The van der Waals surface area contributed by atoms with Crippen molar-refractivity contribution in [1.82, 2.24) is 25.1 Å². The van der Waals surface area contributed by atoms with Gasteiger partial charge in [-0.05, 0) is 22.4 Å². The Balaban J connectivity index is 1.46. The summed E-state index contributed by atoms with van der Waals surface area (Å²) in [6, 6.07) is 2.20. The van der Waals surface area contributed by atoms with Crippen LogP contribution in [0.1, 0.15) is 5.56 Å². The van der Waals surface area contributed by atoms with Crippen molar-refractivity contribution in [2.75, 3.05) is 31.1 Å². The molecule has 1 saturated heterocycles. The van der Waals surface area contributed by atoms with Gasteiger partial charge in [-0.2, -0.15) is 16.4 Å². The number of anilines is 1. The van der Waals surface area contributed by atoms with Crippen molar-refractivity contribution in [1.29, 1.82) is 0 Å². The molecule has 4 heterocycles. The highest BCUT2D eigenvalue weighted by molar-refractivity contribution is 7.07. The molecule has 3 aromatic heterocycles. The van der Waals surface area contributed by atoms with Crippen molar-refractivity contribution >= 4 is 28.2 Å². The predicted molar refractivity (Wildman–Crippen MR) is 83.5 cm³/mol. The van der Waals surface area contributed by atoms with Crippen LogP contribution in [-0.4, -0.2) is 51.2 Å². The molecule has 0 bridgehead atoms. The number of hydrogen-bond acceptors (Lipinski definition) is 6. The maximum absolute atomic E-state index is 4.44. The Labute approximate surface area is 126 Å². The lowest BCUT2D eigenvalue weighted by atomic mass is 10.2. The van der Waals surface area contributed by atoms with Crippen molar-refractivity contribution in [2.24, 2.45) is 0 Å². The zero-order chi connectivity index (χ0) is 14.1. The zero-order valence-electron chi connectivity index (χ0n) is 11.6. The van der Waals surface area contributed by atoms with Gasteiger partial charge in [0.05, 0.1) is 11.6 Å². The molecule has 0 atom stereocenters. The molecule has 0 radical (unpaired) electrons. The van der Waals surface area contributed by atoms with E-state index in [2.05, 4.69) is 46.8 Å². The summed E-state index contributed by atoms with van der Waals surface area (Å²) in [6.45, 7) is 5.13. The fourth-order valence-corrected chi connectivity index (χ4v) is 3.42. The molecule has 1 aliphatic rings. The second-order valence-electron chi connectivity index (χ2n) is 5.22. The molecule has 108 valence electrons. The third-order valence-corrected chi connectivity index (χ3v) is 4.62. The maximum atomic E-state index is 4.44. The van der Waals surface area contributed by atoms with E-state index in [1.54, 1.807) is 17.7 Å². The van der Waals surface area contributed by atoms with Crippen molar-refractivity contribution in [3.63, 3.8) is 0 Å². The minimum Gasteiger partial charge on any atom is -0.353 e. The number of rotatable bonds is 3. The smallest absolute Gasteiger partial charge is 0.160 e. The molecule has 0 amide bonds. The minimum absolute atomic E-state index is 0.806. The highest BCUT2D eigenvalue weighted by Gasteiger charge is 2.20. The molecule has 6 nitrogen and oxygen atoms in total. The van der Waals surface area contributed by atoms with Crippen LogP contribution in [0, 0.1) is 0 Å². The molecule has 4 rings (SSSR count). The first-order valence-corrected chi connectivity index (χ1v) is 7.97. The SMILES string of the molecule is c1nc(N2CCN(Cc3ccsc3)CC2)c2cn[nH]c2n1. The Kier molecular flexibility index (Phi) is 3.28. The van der Waals surface area contributed by atoms with Crippen LogP contribution in [0.5, 0.6) is 0 Å². The van der Waals surface area contributed by atoms with Gasteiger partial charge in [0.1, 0.15) is 12.1 Å². The van der Waals surface area contributed by atoms with Crippen LogP contribution >= 0.6 is 11.3 Å². The summed E-state index contributed by atoms with van der Waals surface area (Å²) in [5.41, 5.74) is 2.22. The number of nitrogens with one attached hydrogen (secondary N) is 1. The molecule has 3 aromatic rings. The molecule has 0 saturated carbocycles. The average Bonchev–Trinajstić information content (AvgIpc) is 3.18. The van der Waals surface area contributed by atoms with Crippen molar-refractivity contribution < 1.29 is 0 Å². The Bertz CT molecular complexity index is 714. The number of aromatic nitrogens is 4. The van der Waals surface area contributed by atoms with Gasteiger partial charge in [-0.15, -0.1) is 0 Å². The minimum atomic E-state index is 0.806. The quantitative estimate of drug-likeness (QED) is 0.798. The summed E-state index contributed by atoms with van der Waals surface area (Å²) in [4.78, 5) is 13.5. The number of fused-ring (bicyclic) bond motifs is 1. The molecule has 1 N–H and O–H groups in total. The molecular weight excluding hydrogens is 284 g/mol. The highest BCUT2D eigenvalue weighted by atomic mass is 32.1. The van der Waals surface area contributed by atoms with Crippen molar-refractivity contribution in [3.8, 4) is 0 Å². The lowest BCUT2D eigenvalue weighted by Gasteiger charge is -2.35. The van der Waals surface area contributed by atoms with E-state index in [-0.39, 0.29) is 0 Å². The molecular formula is C14H16N6S. The van der Waals surface area contributed by atoms with Crippen LogP contribution in [-0.2, 0) is 6.54 Å². The Hall–Kier alpha value is -1.99. The first-order chi connectivity index (χ1) is 10.4. The largest absolute Gasteiger partial charge is 0.353 e. The van der Waals surface area contributed by atoms with Crippen LogP contribution in [0.3, 0.4) is 0 Å². The second kappa shape index (κ2) is 5.42. The number of nitrogens with zero attached hydrogens (tertiary/aromatic N) is 5. The fraction of sp³-hybridized carbons (Fsp3) is 0.357. The standard InChI is InChI=1S/C14H16N6S/c1-6-21-9-11(1)8-19-2-4-20(5-3-19)14-12-7-17-18-13(12)15-10-16-14/h1,6-7,9-10H,2-5,8H2,(H,15,16,17,18). The molecule has 0 aromatic carbocycles. The van der Waals surface area contributed by atoms with Crippen molar-refractivity contribution in [3.05, 3.63) is 34.9 Å². The van der Waals surface area contributed by atoms with Gasteiger partial charge < -0.3 is 4.90 Å². The average molecular weight is 300 g/mol. The third-order valence-electron chi connectivity index (χ3n) is 3.89. The Morgan fingerprint density at radius 1 is 1.19 bits per heavy atom. The van der Waals surface area contributed by atoms with Gasteiger partial charge in [0, 0.05) is 32.7 Å². The molecule has 7 heteroatoms. The fourth-order valence-electron chi connectivity index (χ4n) is 2.76. The van der Waals surface area contributed by atoms with Gasteiger partial charge in [-0.25, -0.2) is 9.97 Å². The van der Waals surface area contributed by atoms with Crippen LogP contribution in [0.15, 0.2) is 29.4 Å². The predicted octanol–water partition coefficient (Wildman–Crippen LogP) is 1.74. The van der Waals surface area contributed by atoms with E-state index in [1.165, 1.54) is 5.56 Å². The number of aromatic amines is 1. The van der Waals surface area contributed by atoms with E-state index in [4.69, 9.17) is 0 Å². The normalized spacial score (nSPS) is 16.7. The summed E-state index contributed by atoms with van der Waals surface area (Å²) in [6.07, 6.45) is 3.41. The molecule has 0 aliphatic carbocycles. The summed E-state index contributed by atoms with van der Waals surface area (Å²) >= 11 is 1.76. The van der Waals surface area contributed by atoms with Crippen LogP contribution in [0.4, 0.5) is 5.82 Å². The van der Waals surface area contributed by atoms with Gasteiger partial charge in [0.15, 0.2) is 5.65 Å². The molecule has 1 aliphatic heterocycles. The number of piperazine rings is 1. The highest BCUT2D eigenvalue weighted by Crippen LogP contribution is 2.22. The molecule has 0 spiro atoms.